The van der Waals surface area contributed by atoms with Crippen LogP contribution in [0.25, 0.3) is 0 Å². The molecule has 1 aliphatic carbocycles. The van der Waals surface area contributed by atoms with Crippen molar-refractivity contribution in [3.8, 4) is 0 Å². The van der Waals surface area contributed by atoms with Crippen molar-refractivity contribution in [1.82, 2.24) is 9.97 Å². The van der Waals surface area contributed by atoms with E-state index in [9.17, 15) is 4.79 Å². The molecule has 0 aliphatic heterocycles. The normalized spacial score (nSPS) is 18.1. The summed E-state index contributed by atoms with van der Waals surface area (Å²) >= 11 is 0. The van der Waals surface area contributed by atoms with Gasteiger partial charge in [-0.3, -0.25) is 0 Å². The Balaban J connectivity index is 1.95. The summed E-state index contributed by atoms with van der Waals surface area (Å²) in [6.07, 6.45) is 5.05. The van der Waals surface area contributed by atoms with Crippen molar-refractivity contribution in [3.05, 3.63) is 18.1 Å². The van der Waals surface area contributed by atoms with Crippen molar-refractivity contribution < 1.29 is 14.6 Å². The molecule has 18 heavy (non-hydrogen) atoms. The fourth-order valence-electron chi connectivity index (χ4n) is 1.87. The molecule has 98 valence electrons. The molecule has 1 saturated carbocycles. The summed E-state index contributed by atoms with van der Waals surface area (Å²) in [7, 11) is 1.71. The third-order valence-corrected chi connectivity index (χ3v) is 3.40. The number of carbonyl (C=O) groups is 1. The fourth-order valence-corrected chi connectivity index (χ4v) is 1.87. The Kier molecular flexibility index (Phi) is 3.47. The Hall–Kier alpha value is -1.69. The van der Waals surface area contributed by atoms with E-state index in [1.807, 2.05) is 0 Å². The van der Waals surface area contributed by atoms with Gasteiger partial charge in [-0.1, -0.05) is 0 Å². The Morgan fingerprint density at radius 1 is 1.56 bits per heavy atom. The largest absolute Gasteiger partial charge is 0.476 e. The van der Waals surface area contributed by atoms with Gasteiger partial charge in [-0.2, -0.15) is 0 Å². The van der Waals surface area contributed by atoms with Crippen LogP contribution in [0.1, 0.15) is 30.3 Å². The highest BCUT2D eigenvalue weighted by Crippen LogP contribution is 2.41. The highest BCUT2D eigenvalue weighted by molar-refractivity contribution is 5.84. The van der Waals surface area contributed by atoms with Crippen molar-refractivity contribution in [1.29, 1.82) is 0 Å². The number of hydrogen-bond donors (Lipinski definition) is 2. The van der Waals surface area contributed by atoms with Crippen LogP contribution in [0.5, 0.6) is 0 Å². The number of carboxylic acid groups (broad SMARTS) is 1. The van der Waals surface area contributed by atoms with E-state index < -0.39 is 5.97 Å². The molecule has 1 unspecified atom stereocenters. The molecule has 1 heterocycles. The lowest BCUT2D eigenvalue weighted by Gasteiger charge is -2.28. The van der Waals surface area contributed by atoms with E-state index in [-0.39, 0.29) is 11.3 Å². The third-order valence-electron chi connectivity index (χ3n) is 3.40. The molecule has 2 rings (SSSR count). The standard InChI is InChI=1S/C12H17N3O3/c1-12(18-2,8-3-4-8)7-15-10-6-13-9(5-14-10)11(16)17/h5-6,8H,3-4,7H2,1-2H3,(H,14,15)(H,16,17). The van der Waals surface area contributed by atoms with Crippen LogP contribution in [0, 0.1) is 5.92 Å². The number of nitrogens with zero attached hydrogens (tertiary/aromatic N) is 2. The van der Waals surface area contributed by atoms with Crippen LogP contribution >= 0.6 is 0 Å². The maximum Gasteiger partial charge on any atom is 0.356 e. The molecule has 1 aliphatic rings. The van der Waals surface area contributed by atoms with E-state index in [2.05, 4.69) is 22.2 Å². The number of aromatic nitrogens is 2. The molecule has 2 N–H and O–H groups in total. The van der Waals surface area contributed by atoms with E-state index in [0.717, 1.165) is 0 Å². The van der Waals surface area contributed by atoms with Crippen LogP contribution in [-0.4, -0.2) is 40.3 Å². The van der Waals surface area contributed by atoms with Gasteiger partial charge in [-0.25, -0.2) is 14.8 Å². The zero-order valence-electron chi connectivity index (χ0n) is 10.5. The number of ether oxygens (including phenoxy) is 1. The predicted molar refractivity (Wildman–Crippen MR) is 65.6 cm³/mol. The van der Waals surface area contributed by atoms with E-state index in [1.54, 1.807) is 7.11 Å². The van der Waals surface area contributed by atoms with Gasteiger partial charge in [0.15, 0.2) is 5.69 Å². The molecule has 1 atom stereocenters. The van der Waals surface area contributed by atoms with Gasteiger partial charge in [0.1, 0.15) is 5.82 Å². The minimum atomic E-state index is -1.08. The first kappa shape index (κ1) is 12.8. The van der Waals surface area contributed by atoms with Gasteiger partial charge in [0.25, 0.3) is 0 Å². The molecule has 0 spiro atoms. The Morgan fingerprint density at radius 3 is 2.72 bits per heavy atom. The van der Waals surface area contributed by atoms with E-state index in [1.165, 1.54) is 25.2 Å². The molecular formula is C12H17N3O3. The van der Waals surface area contributed by atoms with Gasteiger partial charge < -0.3 is 15.2 Å². The third kappa shape index (κ3) is 2.76. The Morgan fingerprint density at radius 2 is 2.28 bits per heavy atom. The zero-order valence-corrected chi connectivity index (χ0v) is 10.5. The van der Waals surface area contributed by atoms with Crippen LogP contribution in [0.4, 0.5) is 5.82 Å². The van der Waals surface area contributed by atoms with Crippen molar-refractivity contribution in [2.24, 2.45) is 5.92 Å². The highest BCUT2D eigenvalue weighted by Gasteiger charge is 2.41. The molecule has 0 radical (unpaired) electrons. The average Bonchev–Trinajstić information content (AvgIpc) is 3.21. The summed E-state index contributed by atoms with van der Waals surface area (Å²) in [5, 5.41) is 11.8. The topological polar surface area (TPSA) is 84.3 Å². The molecule has 1 fully saturated rings. The molecule has 0 amide bonds. The minimum absolute atomic E-state index is 0.0581. The lowest BCUT2D eigenvalue weighted by Crippen LogP contribution is -2.38. The molecule has 0 aromatic carbocycles. The summed E-state index contributed by atoms with van der Waals surface area (Å²) < 4.78 is 5.54. The first-order chi connectivity index (χ1) is 8.55. The molecule has 6 nitrogen and oxygen atoms in total. The van der Waals surface area contributed by atoms with Crippen molar-refractivity contribution in [3.63, 3.8) is 0 Å². The molecule has 0 saturated heterocycles. The van der Waals surface area contributed by atoms with Gasteiger partial charge in [0, 0.05) is 13.7 Å². The number of hydrogen-bond acceptors (Lipinski definition) is 5. The summed E-state index contributed by atoms with van der Waals surface area (Å²) in [4.78, 5) is 18.4. The Labute approximate surface area is 105 Å². The summed E-state index contributed by atoms with van der Waals surface area (Å²) in [6, 6.07) is 0. The summed E-state index contributed by atoms with van der Waals surface area (Å²) in [6.45, 7) is 2.70. The zero-order chi connectivity index (χ0) is 13.2. The molecular weight excluding hydrogens is 234 g/mol. The van der Waals surface area contributed by atoms with Crippen molar-refractivity contribution in [2.75, 3.05) is 19.0 Å². The lowest BCUT2D eigenvalue weighted by atomic mass is 10.0. The Bertz CT molecular complexity index is 431. The van der Waals surface area contributed by atoms with E-state index in [4.69, 9.17) is 9.84 Å². The molecule has 6 heteroatoms. The van der Waals surface area contributed by atoms with Crippen molar-refractivity contribution >= 4 is 11.8 Å². The summed E-state index contributed by atoms with van der Waals surface area (Å²) in [5.74, 6) is 0.0685. The number of rotatable bonds is 6. The molecule has 1 aromatic rings. The van der Waals surface area contributed by atoms with Gasteiger partial charge in [0.2, 0.25) is 0 Å². The SMILES string of the molecule is COC(C)(CNc1cnc(C(=O)O)cn1)C1CC1. The fraction of sp³-hybridized carbons (Fsp3) is 0.583. The smallest absolute Gasteiger partial charge is 0.356 e. The average molecular weight is 251 g/mol. The van der Waals surface area contributed by atoms with Crippen LogP contribution in [0.3, 0.4) is 0 Å². The number of anilines is 1. The van der Waals surface area contributed by atoms with Crippen LogP contribution < -0.4 is 5.32 Å². The second-order valence-corrected chi connectivity index (χ2v) is 4.74. The maximum atomic E-state index is 10.6. The number of nitrogens with one attached hydrogen (secondary N) is 1. The first-order valence-corrected chi connectivity index (χ1v) is 5.89. The number of aromatic carboxylic acids is 1. The second kappa shape index (κ2) is 4.89. The van der Waals surface area contributed by atoms with E-state index in [0.29, 0.717) is 18.3 Å². The predicted octanol–water partition coefficient (Wildman–Crippen LogP) is 1.40. The highest BCUT2D eigenvalue weighted by atomic mass is 16.5. The maximum absolute atomic E-state index is 10.6. The minimum Gasteiger partial charge on any atom is -0.476 e. The molecule has 1 aromatic heterocycles. The van der Waals surface area contributed by atoms with Crippen LogP contribution in [0.2, 0.25) is 0 Å². The van der Waals surface area contributed by atoms with Crippen molar-refractivity contribution in [2.45, 2.75) is 25.4 Å². The molecule has 0 bridgehead atoms. The quantitative estimate of drug-likeness (QED) is 0.795. The summed E-state index contributed by atoms with van der Waals surface area (Å²) in [5.41, 5.74) is -0.259. The van der Waals surface area contributed by atoms with Gasteiger partial charge in [0.05, 0.1) is 18.0 Å². The van der Waals surface area contributed by atoms with Crippen LogP contribution in [-0.2, 0) is 4.74 Å². The van der Waals surface area contributed by atoms with Gasteiger partial charge in [-0.15, -0.1) is 0 Å². The number of methoxy groups -OCH3 is 1. The van der Waals surface area contributed by atoms with Gasteiger partial charge >= 0.3 is 5.97 Å². The second-order valence-electron chi connectivity index (χ2n) is 4.74. The first-order valence-electron chi connectivity index (χ1n) is 5.89. The number of carboxylic acids is 1. The van der Waals surface area contributed by atoms with E-state index >= 15 is 0 Å². The van der Waals surface area contributed by atoms with Gasteiger partial charge in [-0.05, 0) is 25.7 Å². The van der Waals surface area contributed by atoms with Crippen LogP contribution in [0.15, 0.2) is 12.4 Å². The lowest BCUT2D eigenvalue weighted by molar-refractivity contribution is -0.00165. The monoisotopic (exact) mass is 251 g/mol.